The highest BCUT2D eigenvalue weighted by Gasteiger charge is 2.36. The standard InChI is InChI=1S/C21H24BrNO3/c1-14-6-5-7-15(12-14)20(17-13-16(22)9-10-19(17)26-2)23-11-4-3-8-18(23)21(24)25/h5-7,9-10,12-13,18,20H,3-4,8,11H2,1-2H3,(H,24,25). The van der Waals surface area contributed by atoms with Crippen LogP contribution in [0.3, 0.4) is 0 Å². The molecule has 1 aliphatic heterocycles. The molecule has 26 heavy (non-hydrogen) atoms. The van der Waals surface area contributed by atoms with E-state index in [4.69, 9.17) is 4.74 Å². The average molecular weight is 418 g/mol. The first kappa shape index (κ1) is 18.9. The van der Waals surface area contributed by atoms with Crippen molar-refractivity contribution in [3.8, 4) is 5.75 Å². The van der Waals surface area contributed by atoms with Gasteiger partial charge in [-0.25, -0.2) is 0 Å². The topological polar surface area (TPSA) is 49.8 Å². The number of hydrogen-bond acceptors (Lipinski definition) is 3. The summed E-state index contributed by atoms with van der Waals surface area (Å²) in [6.07, 6.45) is 2.63. The summed E-state index contributed by atoms with van der Waals surface area (Å²) in [4.78, 5) is 14.1. The van der Waals surface area contributed by atoms with Gasteiger partial charge in [-0.3, -0.25) is 9.69 Å². The summed E-state index contributed by atoms with van der Waals surface area (Å²) < 4.78 is 6.58. The first-order chi connectivity index (χ1) is 12.5. The van der Waals surface area contributed by atoms with Crippen LogP contribution in [0.1, 0.15) is 42.0 Å². The molecule has 0 spiro atoms. The summed E-state index contributed by atoms with van der Waals surface area (Å²) in [6.45, 7) is 2.81. The monoisotopic (exact) mass is 417 g/mol. The van der Waals surface area contributed by atoms with E-state index in [2.05, 4.69) is 46.0 Å². The van der Waals surface area contributed by atoms with Crippen LogP contribution in [0.5, 0.6) is 5.75 Å². The van der Waals surface area contributed by atoms with Crippen LogP contribution in [-0.4, -0.2) is 35.7 Å². The summed E-state index contributed by atoms with van der Waals surface area (Å²) in [5.41, 5.74) is 3.24. The van der Waals surface area contributed by atoms with Gasteiger partial charge in [0.2, 0.25) is 0 Å². The van der Waals surface area contributed by atoms with Gasteiger partial charge in [0.15, 0.2) is 0 Å². The van der Waals surface area contributed by atoms with E-state index in [1.807, 2.05) is 24.3 Å². The van der Waals surface area contributed by atoms with Crippen molar-refractivity contribution < 1.29 is 14.6 Å². The molecular weight excluding hydrogens is 394 g/mol. The minimum absolute atomic E-state index is 0.163. The van der Waals surface area contributed by atoms with Crippen LogP contribution >= 0.6 is 15.9 Å². The van der Waals surface area contributed by atoms with E-state index in [0.717, 1.165) is 46.3 Å². The third-order valence-corrected chi connectivity index (χ3v) is 5.50. The maximum atomic E-state index is 11.9. The van der Waals surface area contributed by atoms with Crippen molar-refractivity contribution in [2.45, 2.75) is 38.3 Å². The number of hydrogen-bond donors (Lipinski definition) is 1. The predicted molar refractivity (Wildman–Crippen MR) is 106 cm³/mol. The molecule has 0 radical (unpaired) electrons. The number of rotatable bonds is 5. The Kier molecular flexibility index (Phi) is 5.99. The Morgan fingerprint density at radius 3 is 2.77 bits per heavy atom. The van der Waals surface area contributed by atoms with Crippen molar-refractivity contribution in [1.82, 2.24) is 4.90 Å². The Bertz CT molecular complexity index is 793. The lowest BCUT2D eigenvalue weighted by atomic mass is 9.90. The van der Waals surface area contributed by atoms with Gasteiger partial charge in [-0.05, 0) is 50.1 Å². The Labute approximate surface area is 162 Å². The minimum atomic E-state index is -0.753. The lowest BCUT2D eigenvalue weighted by Gasteiger charge is -2.40. The van der Waals surface area contributed by atoms with Crippen molar-refractivity contribution in [2.75, 3.05) is 13.7 Å². The third kappa shape index (κ3) is 3.94. The van der Waals surface area contributed by atoms with Crippen molar-refractivity contribution in [3.63, 3.8) is 0 Å². The average Bonchev–Trinajstić information content (AvgIpc) is 2.62. The molecule has 1 fully saturated rings. The predicted octanol–water partition coefficient (Wildman–Crippen LogP) is 4.79. The third-order valence-electron chi connectivity index (χ3n) is 5.01. The molecule has 1 saturated heterocycles. The Hall–Kier alpha value is -1.85. The first-order valence-corrected chi connectivity index (χ1v) is 9.69. The van der Waals surface area contributed by atoms with Gasteiger partial charge in [-0.2, -0.15) is 0 Å². The number of methoxy groups -OCH3 is 1. The highest BCUT2D eigenvalue weighted by atomic mass is 79.9. The lowest BCUT2D eigenvalue weighted by Crippen LogP contribution is -2.46. The fraction of sp³-hybridized carbons (Fsp3) is 0.381. The molecule has 0 saturated carbocycles. The van der Waals surface area contributed by atoms with Gasteiger partial charge in [0, 0.05) is 10.0 Å². The summed E-state index contributed by atoms with van der Waals surface area (Å²) in [6, 6.07) is 13.6. The molecule has 5 heteroatoms. The number of aliphatic carboxylic acids is 1. The highest BCUT2D eigenvalue weighted by molar-refractivity contribution is 9.10. The molecule has 1 heterocycles. The van der Waals surface area contributed by atoms with Gasteiger partial charge in [0.25, 0.3) is 0 Å². The van der Waals surface area contributed by atoms with Crippen molar-refractivity contribution >= 4 is 21.9 Å². The van der Waals surface area contributed by atoms with E-state index >= 15 is 0 Å². The molecule has 3 rings (SSSR count). The summed E-state index contributed by atoms with van der Waals surface area (Å²) in [7, 11) is 1.66. The van der Waals surface area contributed by atoms with Crippen molar-refractivity contribution in [2.24, 2.45) is 0 Å². The zero-order valence-electron chi connectivity index (χ0n) is 15.1. The number of carbonyl (C=O) groups is 1. The molecule has 2 atom stereocenters. The van der Waals surface area contributed by atoms with Crippen LogP contribution in [-0.2, 0) is 4.79 Å². The van der Waals surface area contributed by atoms with E-state index in [1.165, 1.54) is 0 Å². The van der Waals surface area contributed by atoms with E-state index < -0.39 is 12.0 Å². The smallest absolute Gasteiger partial charge is 0.320 e. The minimum Gasteiger partial charge on any atom is -0.496 e. The second-order valence-corrected chi connectivity index (χ2v) is 7.71. The van der Waals surface area contributed by atoms with Crippen molar-refractivity contribution in [1.29, 1.82) is 0 Å². The molecule has 0 aromatic heterocycles. The van der Waals surface area contributed by atoms with Crippen LogP contribution in [0.25, 0.3) is 0 Å². The molecule has 2 aromatic rings. The van der Waals surface area contributed by atoms with Crippen LogP contribution in [0.2, 0.25) is 0 Å². The second-order valence-electron chi connectivity index (χ2n) is 6.79. The van der Waals surface area contributed by atoms with Crippen LogP contribution in [0.4, 0.5) is 0 Å². The normalized spacial score (nSPS) is 19.1. The van der Waals surface area contributed by atoms with Crippen LogP contribution in [0.15, 0.2) is 46.9 Å². The van der Waals surface area contributed by atoms with E-state index in [9.17, 15) is 9.90 Å². The van der Waals surface area contributed by atoms with E-state index in [1.54, 1.807) is 7.11 Å². The molecule has 0 bridgehead atoms. The molecule has 2 aromatic carbocycles. The van der Waals surface area contributed by atoms with E-state index in [0.29, 0.717) is 6.42 Å². The largest absolute Gasteiger partial charge is 0.496 e. The molecule has 4 nitrogen and oxygen atoms in total. The molecular formula is C21H24BrNO3. The molecule has 0 aliphatic carbocycles. The van der Waals surface area contributed by atoms with Gasteiger partial charge in [-0.1, -0.05) is 52.2 Å². The number of ether oxygens (including phenoxy) is 1. The van der Waals surface area contributed by atoms with Crippen LogP contribution in [0, 0.1) is 6.92 Å². The summed E-state index contributed by atoms with van der Waals surface area (Å²) in [5.74, 6) is 0.0192. The highest BCUT2D eigenvalue weighted by Crippen LogP contribution is 2.39. The Morgan fingerprint density at radius 2 is 2.08 bits per heavy atom. The zero-order valence-corrected chi connectivity index (χ0v) is 16.7. The van der Waals surface area contributed by atoms with E-state index in [-0.39, 0.29) is 6.04 Å². The fourth-order valence-corrected chi connectivity index (χ4v) is 4.22. The van der Waals surface area contributed by atoms with Gasteiger partial charge in [0.1, 0.15) is 11.8 Å². The summed E-state index contributed by atoms with van der Waals surface area (Å²) in [5, 5.41) is 9.80. The van der Waals surface area contributed by atoms with Crippen molar-refractivity contribution in [3.05, 3.63) is 63.6 Å². The zero-order chi connectivity index (χ0) is 18.7. The SMILES string of the molecule is COc1ccc(Br)cc1C(c1cccc(C)c1)N1CCCCC1C(=O)O. The second kappa shape index (κ2) is 8.23. The molecule has 2 unspecified atom stereocenters. The fourth-order valence-electron chi connectivity index (χ4n) is 3.84. The number of benzene rings is 2. The van der Waals surface area contributed by atoms with Gasteiger partial charge in [-0.15, -0.1) is 0 Å². The van der Waals surface area contributed by atoms with Gasteiger partial charge < -0.3 is 9.84 Å². The maximum Gasteiger partial charge on any atom is 0.320 e. The number of nitrogens with zero attached hydrogens (tertiary/aromatic N) is 1. The number of carboxylic acids is 1. The Balaban J connectivity index is 2.17. The maximum absolute atomic E-state index is 11.9. The number of likely N-dealkylation sites (tertiary alicyclic amines) is 1. The van der Waals surface area contributed by atoms with Gasteiger partial charge >= 0.3 is 5.97 Å². The number of aryl methyl sites for hydroxylation is 1. The molecule has 0 amide bonds. The quantitative estimate of drug-likeness (QED) is 0.759. The number of piperidine rings is 1. The lowest BCUT2D eigenvalue weighted by molar-refractivity contribution is -0.145. The molecule has 1 aliphatic rings. The molecule has 138 valence electrons. The number of halogens is 1. The van der Waals surface area contributed by atoms with Gasteiger partial charge in [0.05, 0.1) is 13.2 Å². The van der Waals surface area contributed by atoms with Crippen LogP contribution < -0.4 is 4.74 Å². The number of carboxylic acid groups (broad SMARTS) is 1. The first-order valence-electron chi connectivity index (χ1n) is 8.90. The summed E-state index contributed by atoms with van der Waals surface area (Å²) >= 11 is 3.56. The Morgan fingerprint density at radius 1 is 1.27 bits per heavy atom. The molecule has 1 N–H and O–H groups in total.